The molecule has 1 fully saturated rings. The molecule has 0 amide bonds. The molecule has 1 aliphatic rings. The van der Waals surface area contributed by atoms with Crippen LogP contribution >= 0.6 is 0 Å². The molecule has 3 rings (SSSR count). The second kappa shape index (κ2) is 5.09. The summed E-state index contributed by atoms with van der Waals surface area (Å²) in [7, 11) is 0. The first-order chi connectivity index (χ1) is 9.20. The first kappa shape index (κ1) is 12.3. The Morgan fingerprint density at radius 2 is 1.95 bits per heavy atom. The van der Waals surface area contributed by atoms with Gasteiger partial charge in [-0.1, -0.05) is 5.16 Å². The summed E-state index contributed by atoms with van der Waals surface area (Å²) < 4.78 is 5.28. The quantitative estimate of drug-likeness (QED) is 0.889. The maximum Gasteiger partial charge on any atom is 0.228 e. The molecule has 100 valence electrons. The average molecular weight is 258 g/mol. The molecule has 2 heterocycles. The van der Waals surface area contributed by atoms with Crippen LogP contribution in [0.15, 0.2) is 16.7 Å². The first-order valence-corrected chi connectivity index (χ1v) is 6.72. The molecule has 19 heavy (non-hydrogen) atoms. The summed E-state index contributed by atoms with van der Waals surface area (Å²) in [5, 5.41) is 7.47. The summed E-state index contributed by atoms with van der Waals surface area (Å²) >= 11 is 0. The summed E-state index contributed by atoms with van der Waals surface area (Å²) in [6.45, 7) is 4.84. The zero-order valence-electron chi connectivity index (χ0n) is 11.3. The molecule has 5 nitrogen and oxygen atoms in total. The van der Waals surface area contributed by atoms with Gasteiger partial charge in [0.1, 0.15) is 0 Å². The van der Waals surface area contributed by atoms with E-state index in [1.54, 1.807) is 0 Å². The van der Waals surface area contributed by atoms with Crippen LogP contribution in [0.2, 0.25) is 0 Å². The van der Waals surface area contributed by atoms with E-state index in [0.29, 0.717) is 17.8 Å². The van der Waals surface area contributed by atoms with E-state index in [2.05, 4.69) is 20.4 Å². The summed E-state index contributed by atoms with van der Waals surface area (Å²) in [5.74, 6) is 1.34. The number of aryl methyl sites for hydroxylation is 2. The van der Waals surface area contributed by atoms with Crippen LogP contribution in [0.4, 0.5) is 0 Å². The van der Waals surface area contributed by atoms with Crippen molar-refractivity contribution in [2.24, 2.45) is 0 Å². The van der Waals surface area contributed by atoms with Crippen molar-refractivity contribution in [2.45, 2.75) is 39.2 Å². The second-order valence-corrected chi connectivity index (χ2v) is 5.13. The van der Waals surface area contributed by atoms with Gasteiger partial charge in [0.05, 0.1) is 0 Å². The van der Waals surface area contributed by atoms with Crippen molar-refractivity contribution >= 4 is 0 Å². The van der Waals surface area contributed by atoms with Gasteiger partial charge in [0.2, 0.25) is 11.7 Å². The molecule has 0 bridgehead atoms. The summed E-state index contributed by atoms with van der Waals surface area (Å²) in [5.41, 5.74) is 2.91. The van der Waals surface area contributed by atoms with Crippen molar-refractivity contribution in [2.75, 3.05) is 6.54 Å². The van der Waals surface area contributed by atoms with Gasteiger partial charge in [0.25, 0.3) is 0 Å². The van der Waals surface area contributed by atoms with Gasteiger partial charge in [-0.05, 0) is 38.8 Å². The monoisotopic (exact) mass is 258 g/mol. The number of nitrogens with zero attached hydrogens (tertiary/aromatic N) is 3. The highest BCUT2D eigenvalue weighted by atomic mass is 16.5. The predicted octanol–water partition coefficient (Wildman–Crippen LogP) is 2.04. The van der Waals surface area contributed by atoms with Gasteiger partial charge in [0.15, 0.2) is 0 Å². The molecule has 0 saturated heterocycles. The Morgan fingerprint density at radius 1 is 1.21 bits per heavy atom. The van der Waals surface area contributed by atoms with Crippen molar-refractivity contribution in [3.05, 3.63) is 29.4 Å². The summed E-state index contributed by atoms with van der Waals surface area (Å²) in [4.78, 5) is 8.78. The Morgan fingerprint density at radius 3 is 2.63 bits per heavy atom. The van der Waals surface area contributed by atoms with Crippen molar-refractivity contribution in [1.29, 1.82) is 0 Å². The van der Waals surface area contributed by atoms with Gasteiger partial charge in [0, 0.05) is 36.0 Å². The number of rotatable bonds is 5. The van der Waals surface area contributed by atoms with Crippen LogP contribution in [0.3, 0.4) is 0 Å². The molecule has 0 radical (unpaired) electrons. The van der Waals surface area contributed by atoms with Crippen molar-refractivity contribution in [1.82, 2.24) is 20.4 Å². The fraction of sp³-hybridized carbons (Fsp3) is 0.500. The van der Waals surface area contributed by atoms with Crippen molar-refractivity contribution in [3.63, 3.8) is 0 Å². The lowest BCUT2D eigenvalue weighted by Gasteiger charge is -1.99. The largest absolute Gasteiger partial charge is 0.339 e. The van der Waals surface area contributed by atoms with Gasteiger partial charge in [-0.2, -0.15) is 4.98 Å². The smallest absolute Gasteiger partial charge is 0.228 e. The Hall–Kier alpha value is -1.75. The third-order valence-electron chi connectivity index (χ3n) is 3.16. The van der Waals surface area contributed by atoms with E-state index in [9.17, 15) is 0 Å². The van der Waals surface area contributed by atoms with Crippen molar-refractivity contribution < 1.29 is 4.52 Å². The number of aromatic nitrogens is 3. The highest BCUT2D eigenvalue weighted by molar-refractivity contribution is 5.55. The molecule has 0 aliphatic heterocycles. The summed E-state index contributed by atoms with van der Waals surface area (Å²) in [6.07, 6.45) is 3.38. The van der Waals surface area contributed by atoms with Crippen LogP contribution in [0, 0.1) is 13.8 Å². The number of nitrogens with one attached hydrogen (secondary N) is 1. The van der Waals surface area contributed by atoms with Crippen LogP contribution < -0.4 is 5.32 Å². The van der Waals surface area contributed by atoms with E-state index in [4.69, 9.17) is 4.52 Å². The van der Waals surface area contributed by atoms with Gasteiger partial charge >= 0.3 is 0 Å². The molecule has 2 aromatic rings. The average Bonchev–Trinajstić information content (AvgIpc) is 3.04. The highest BCUT2D eigenvalue weighted by Crippen LogP contribution is 2.19. The van der Waals surface area contributed by atoms with E-state index >= 15 is 0 Å². The number of hydrogen-bond acceptors (Lipinski definition) is 5. The maximum absolute atomic E-state index is 5.28. The Labute approximate surface area is 112 Å². The Kier molecular flexibility index (Phi) is 3.29. The molecule has 1 N–H and O–H groups in total. The van der Waals surface area contributed by atoms with Gasteiger partial charge < -0.3 is 9.84 Å². The lowest BCUT2D eigenvalue weighted by Crippen LogP contribution is -2.19. The minimum atomic E-state index is 0.648. The van der Waals surface area contributed by atoms with E-state index in [1.165, 1.54) is 12.8 Å². The molecular formula is C14H18N4O. The first-order valence-electron chi connectivity index (χ1n) is 6.72. The number of hydrogen-bond donors (Lipinski definition) is 1. The molecule has 1 aliphatic carbocycles. The van der Waals surface area contributed by atoms with E-state index < -0.39 is 0 Å². The zero-order valence-corrected chi connectivity index (χ0v) is 11.3. The third-order valence-corrected chi connectivity index (χ3v) is 3.16. The molecule has 1 saturated carbocycles. The maximum atomic E-state index is 5.28. The lowest BCUT2D eigenvalue weighted by atomic mass is 10.2. The van der Waals surface area contributed by atoms with Crippen LogP contribution in [0.25, 0.3) is 11.4 Å². The molecule has 5 heteroatoms. The third kappa shape index (κ3) is 3.17. The van der Waals surface area contributed by atoms with Gasteiger partial charge in [-0.3, -0.25) is 4.98 Å². The fourth-order valence-electron chi connectivity index (χ4n) is 2.11. The molecule has 0 unspecified atom stereocenters. The predicted molar refractivity (Wildman–Crippen MR) is 71.7 cm³/mol. The number of pyridine rings is 1. The van der Waals surface area contributed by atoms with E-state index in [1.807, 2.05) is 26.0 Å². The van der Waals surface area contributed by atoms with E-state index in [0.717, 1.165) is 29.9 Å². The standard InChI is InChI=1S/C14H18N4O/c1-9-7-11(8-10(2)16-9)14-17-13(19-18-14)5-6-15-12-3-4-12/h7-8,12,15H,3-6H2,1-2H3. The highest BCUT2D eigenvalue weighted by Gasteiger charge is 2.20. The van der Waals surface area contributed by atoms with Crippen LogP contribution in [0.1, 0.15) is 30.1 Å². The topological polar surface area (TPSA) is 63.8 Å². The Bertz CT molecular complexity index is 554. The molecule has 0 atom stereocenters. The van der Waals surface area contributed by atoms with E-state index in [-0.39, 0.29) is 0 Å². The van der Waals surface area contributed by atoms with Crippen molar-refractivity contribution in [3.8, 4) is 11.4 Å². The van der Waals surface area contributed by atoms with Gasteiger partial charge in [-0.15, -0.1) is 0 Å². The molecular weight excluding hydrogens is 240 g/mol. The van der Waals surface area contributed by atoms with Crippen LogP contribution in [-0.4, -0.2) is 27.7 Å². The zero-order chi connectivity index (χ0) is 13.2. The second-order valence-electron chi connectivity index (χ2n) is 5.13. The molecule has 0 spiro atoms. The minimum Gasteiger partial charge on any atom is -0.339 e. The Balaban J connectivity index is 1.68. The van der Waals surface area contributed by atoms with Crippen LogP contribution in [0.5, 0.6) is 0 Å². The normalized spacial score (nSPS) is 14.8. The fourth-order valence-corrected chi connectivity index (χ4v) is 2.11. The lowest BCUT2D eigenvalue weighted by molar-refractivity contribution is 0.376. The van der Waals surface area contributed by atoms with Crippen LogP contribution in [-0.2, 0) is 6.42 Å². The minimum absolute atomic E-state index is 0.648. The summed E-state index contributed by atoms with van der Waals surface area (Å²) in [6, 6.07) is 4.67. The van der Waals surface area contributed by atoms with Gasteiger partial charge in [-0.25, -0.2) is 0 Å². The molecule has 0 aromatic carbocycles. The molecule has 2 aromatic heterocycles. The SMILES string of the molecule is Cc1cc(-c2noc(CCNC3CC3)n2)cc(C)n1.